The number of amides is 2. The van der Waals surface area contributed by atoms with Gasteiger partial charge in [0, 0.05) is 25.6 Å². The van der Waals surface area contributed by atoms with Crippen LogP contribution in [0.25, 0.3) is 0 Å². The molecule has 1 atom stereocenters. The second-order valence-corrected chi connectivity index (χ2v) is 6.07. The second kappa shape index (κ2) is 9.61. The fourth-order valence-electron chi connectivity index (χ4n) is 2.32. The van der Waals surface area contributed by atoms with E-state index in [0.29, 0.717) is 12.5 Å². The van der Waals surface area contributed by atoms with Crippen LogP contribution in [0.1, 0.15) is 53.9 Å². The van der Waals surface area contributed by atoms with Crippen molar-refractivity contribution in [2.45, 2.75) is 59.9 Å². The first-order valence-electron chi connectivity index (χ1n) is 7.54. The molecule has 2 N–H and O–H groups in total. The van der Waals surface area contributed by atoms with E-state index in [4.69, 9.17) is 5.11 Å². The minimum atomic E-state index is -0.806. The van der Waals surface area contributed by atoms with Gasteiger partial charge in [0.1, 0.15) is 0 Å². The fourth-order valence-corrected chi connectivity index (χ4v) is 2.32. The number of nitrogens with one attached hydrogen (secondary N) is 1. The van der Waals surface area contributed by atoms with Gasteiger partial charge in [-0.05, 0) is 38.5 Å². The number of hydrogen-bond acceptors (Lipinski definition) is 2. The van der Waals surface area contributed by atoms with Gasteiger partial charge >= 0.3 is 12.0 Å². The van der Waals surface area contributed by atoms with Crippen LogP contribution in [0.2, 0.25) is 0 Å². The van der Waals surface area contributed by atoms with Crippen LogP contribution in [0.15, 0.2) is 0 Å². The van der Waals surface area contributed by atoms with Gasteiger partial charge in [-0.15, -0.1) is 0 Å². The van der Waals surface area contributed by atoms with Crippen LogP contribution in [-0.4, -0.2) is 41.1 Å². The summed E-state index contributed by atoms with van der Waals surface area (Å²) >= 11 is 0. The van der Waals surface area contributed by atoms with E-state index >= 15 is 0 Å². The first-order chi connectivity index (χ1) is 9.27. The number of urea groups is 1. The Bertz CT molecular complexity index is 303. The van der Waals surface area contributed by atoms with Crippen molar-refractivity contribution in [1.82, 2.24) is 10.2 Å². The highest BCUT2D eigenvalue weighted by Crippen LogP contribution is 2.15. The summed E-state index contributed by atoms with van der Waals surface area (Å²) in [5.74, 6) is -0.389. The molecular weight excluding hydrogens is 256 g/mol. The number of rotatable bonds is 9. The first-order valence-corrected chi connectivity index (χ1v) is 7.54. The molecule has 0 fully saturated rings. The fraction of sp³-hybridized carbons (Fsp3) is 0.867. The van der Waals surface area contributed by atoms with Crippen LogP contribution in [0, 0.1) is 11.8 Å². The third kappa shape index (κ3) is 8.02. The minimum Gasteiger partial charge on any atom is -0.481 e. The lowest BCUT2D eigenvalue weighted by Crippen LogP contribution is -2.45. The summed E-state index contributed by atoms with van der Waals surface area (Å²) in [5.41, 5.74) is 0. The highest BCUT2D eigenvalue weighted by atomic mass is 16.4. The number of nitrogens with zero attached hydrogens (tertiary/aromatic N) is 1. The van der Waals surface area contributed by atoms with Crippen molar-refractivity contribution in [3.05, 3.63) is 0 Å². The van der Waals surface area contributed by atoms with Crippen LogP contribution >= 0.6 is 0 Å². The van der Waals surface area contributed by atoms with Crippen LogP contribution in [-0.2, 0) is 4.79 Å². The third-order valence-corrected chi connectivity index (χ3v) is 3.16. The molecule has 0 heterocycles. The molecule has 0 radical (unpaired) electrons. The van der Waals surface area contributed by atoms with Gasteiger partial charge in [0.25, 0.3) is 0 Å². The van der Waals surface area contributed by atoms with E-state index in [0.717, 1.165) is 19.4 Å². The maximum atomic E-state index is 12.1. The summed E-state index contributed by atoms with van der Waals surface area (Å²) in [6.45, 7) is 11.3. The summed E-state index contributed by atoms with van der Waals surface area (Å²) in [4.78, 5) is 24.8. The zero-order valence-corrected chi connectivity index (χ0v) is 13.5. The Morgan fingerprint density at radius 1 is 1.20 bits per heavy atom. The topological polar surface area (TPSA) is 69.6 Å². The Hall–Kier alpha value is -1.26. The Morgan fingerprint density at radius 3 is 2.20 bits per heavy atom. The van der Waals surface area contributed by atoms with E-state index in [-0.39, 0.29) is 24.4 Å². The van der Waals surface area contributed by atoms with Gasteiger partial charge in [-0.2, -0.15) is 0 Å². The number of hydrogen-bond donors (Lipinski definition) is 2. The molecule has 0 aliphatic rings. The molecule has 2 amide bonds. The average molecular weight is 286 g/mol. The van der Waals surface area contributed by atoms with Crippen molar-refractivity contribution in [3.8, 4) is 0 Å². The van der Waals surface area contributed by atoms with Gasteiger partial charge in [-0.3, -0.25) is 4.79 Å². The van der Waals surface area contributed by atoms with Crippen molar-refractivity contribution in [2.75, 3.05) is 13.1 Å². The quantitative estimate of drug-likeness (QED) is 0.684. The SMILES string of the molecule is CCCN(C(=O)NC[C@H](CC(=O)O)CC(C)C)C(C)C. The van der Waals surface area contributed by atoms with E-state index in [1.807, 2.05) is 20.8 Å². The van der Waals surface area contributed by atoms with Gasteiger partial charge in [0.15, 0.2) is 0 Å². The molecular formula is C15H30N2O3. The van der Waals surface area contributed by atoms with Crippen LogP contribution < -0.4 is 5.32 Å². The standard InChI is InChI=1S/C15H30N2O3/c1-6-7-17(12(4)5)15(20)16-10-13(8-11(2)3)9-14(18)19/h11-13H,6-10H2,1-5H3,(H,16,20)(H,18,19)/t13-/m0/s1. The largest absolute Gasteiger partial charge is 0.481 e. The zero-order chi connectivity index (χ0) is 15.7. The van der Waals surface area contributed by atoms with Gasteiger partial charge in [0.05, 0.1) is 0 Å². The number of carbonyl (C=O) groups is 2. The highest BCUT2D eigenvalue weighted by molar-refractivity contribution is 5.74. The number of carboxylic acid groups (broad SMARTS) is 1. The Balaban J connectivity index is 4.43. The highest BCUT2D eigenvalue weighted by Gasteiger charge is 2.19. The number of aliphatic carboxylic acids is 1. The van der Waals surface area contributed by atoms with Gasteiger partial charge < -0.3 is 15.3 Å². The summed E-state index contributed by atoms with van der Waals surface area (Å²) in [6, 6.07) is 0.0546. The van der Waals surface area contributed by atoms with E-state index < -0.39 is 5.97 Å². The second-order valence-electron chi connectivity index (χ2n) is 6.07. The number of carboxylic acids is 1. The predicted molar refractivity (Wildman–Crippen MR) is 80.7 cm³/mol. The van der Waals surface area contributed by atoms with Crippen molar-refractivity contribution in [2.24, 2.45) is 11.8 Å². The Morgan fingerprint density at radius 2 is 1.80 bits per heavy atom. The summed E-state index contributed by atoms with van der Waals surface area (Å²) < 4.78 is 0. The summed E-state index contributed by atoms with van der Waals surface area (Å²) in [5, 5.41) is 11.8. The van der Waals surface area contributed by atoms with Crippen molar-refractivity contribution in [1.29, 1.82) is 0 Å². The van der Waals surface area contributed by atoms with Crippen molar-refractivity contribution < 1.29 is 14.7 Å². The predicted octanol–water partition coefficient (Wildman–Crippen LogP) is 2.95. The smallest absolute Gasteiger partial charge is 0.317 e. The molecule has 5 nitrogen and oxygen atoms in total. The molecule has 0 unspecified atom stereocenters. The first kappa shape index (κ1) is 18.7. The zero-order valence-electron chi connectivity index (χ0n) is 13.5. The Labute approximate surface area is 122 Å². The van der Waals surface area contributed by atoms with Crippen molar-refractivity contribution >= 4 is 12.0 Å². The van der Waals surface area contributed by atoms with E-state index in [2.05, 4.69) is 19.2 Å². The molecule has 0 saturated carbocycles. The molecule has 0 aliphatic heterocycles. The minimum absolute atomic E-state index is 0.00733. The molecule has 0 aliphatic carbocycles. The molecule has 0 aromatic heterocycles. The van der Waals surface area contributed by atoms with Crippen LogP contribution in [0.3, 0.4) is 0 Å². The summed E-state index contributed by atoms with van der Waals surface area (Å²) in [6.07, 6.45) is 1.83. The number of carbonyl (C=O) groups excluding carboxylic acids is 1. The van der Waals surface area contributed by atoms with Crippen LogP contribution in [0.5, 0.6) is 0 Å². The monoisotopic (exact) mass is 286 g/mol. The lowest BCUT2D eigenvalue weighted by molar-refractivity contribution is -0.138. The molecule has 0 aromatic rings. The molecule has 118 valence electrons. The Kier molecular flexibility index (Phi) is 9.01. The third-order valence-electron chi connectivity index (χ3n) is 3.16. The van der Waals surface area contributed by atoms with E-state index in [9.17, 15) is 9.59 Å². The van der Waals surface area contributed by atoms with Gasteiger partial charge in [-0.25, -0.2) is 4.79 Å². The van der Waals surface area contributed by atoms with Crippen molar-refractivity contribution in [3.63, 3.8) is 0 Å². The van der Waals surface area contributed by atoms with Gasteiger partial charge in [-0.1, -0.05) is 20.8 Å². The maximum Gasteiger partial charge on any atom is 0.317 e. The molecule has 0 aromatic carbocycles. The maximum absolute atomic E-state index is 12.1. The van der Waals surface area contributed by atoms with E-state index in [1.54, 1.807) is 4.90 Å². The van der Waals surface area contributed by atoms with Crippen LogP contribution in [0.4, 0.5) is 4.79 Å². The molecule has 0 rings (SSSR count). The van der Waals surface area contributed by atoms with Gasteiger partial charge in [0.2, 0.25) is 0 Å². The normalized spacial score (nSPS) is 12.6. The molecule has 5 heteroatoms. The molecule has 0 bridgehead atoms. The molecule has 20 heavy (non-hydrogen) atoms. The van der Waals surface area contributed by atoms with E-state index in [1.165, 1.54) is 0 Å². The molecule has 0 spiro atoms. The summed E-state index contributed by atoms with van der Waals surface area (Å²) in [7, 11) is 0. The lowest BCUT2D eigenvalue weighted by atomic mass is 9.94. The average Bonchev–Trinajstić information content (AvgIpc) is 2.30. The lowest BCUT2D eigenvalue weighted by Gasteiger charge is -2.27. The molecule has 0 saturated heterocycles.